The Balaban J connectivity index is 1.43. The highest BCUT2D eigenvalue weighted by molar-refractivity contribution is 5.63. The number of unbranched alkanes of at least 4 members (excludes halogenated alkanes) is 16. The van der Waals surface area contributed by atoms with E-state index in [2.05, 4.69) is 65.8 Å². The largest absolute Gasteiger partial charge is 0.508 e. The first kappa shape index (κ1) is 35.9. The van der Waals surface area contributed by atoms with Crippen molar-refractivity contribution in [3.8, 4) is 11.5 Å². The van der Waals surface area contributed by atoms with Gasteiger partial charge in [0.2, 0.25) is 0 Å². The maximum Gasteiger partial charge on any atom is 0.119 e. The van der Waals surface area contributed by atoms with E-state index in [9.17, 15) is 10.2 Å². The van der Waals surface area contributed by atoms with Gasteiger partial charge in [0.1, 0.15) is 11.5 Å². The molecule has 2 heteroatoms. The second-order valence-corrected chi connectivity index (χ2v) is 16.4. The maximum atomic E-state index is 11.4. The Hall–Kier alpha value is -1.96. The number of benzene rings is 2. The number of rotatable bonds is 20. The molecule has 0 fully saturated rings. The van der Waals surface area contributed by atoms with Crippen molar-refractivity contribution in [2.45, 2.75) is 199 Å². The van der Waals surface area contributed by atoms with Crippen molar-refractivity contribution in [1.82, 2.24) is 0 Å². The Labute approximate surface area is 277 Å². The first-order valence-electron chi connectivity index (χ1n) is 19.3. The summed E-state index contributed by atoms with van der Waals surface area (Å²) in [6.45, 7) is 14.1. The minimum atomic E-state index is -0.154. The Morgan fingerprint density at radius 2 is 0.756 bits per heavy atom. The van der Waals surface area contributed by atoms with Crippen LogP contribution in [0.2, 0.25) is 0 Å². The van der Waals surface area contributed by atoms with Crippen LogP contribution in [0, 0.1) is 0 Å². The van der Waals surface area contributed by atoms with Crippen LogP contribution < -0.4 is 0 Å². The summed E-state index contributed by atoms with van der Waals surface area (Å²) in [4.78, 5) is 0. The average molecular weight is 617 g/mol. The van der Waals surface area contributed by atoms with Crippen LogP contribution in [0.15, 0.2) is 24.3 Å². The molecule has 4 rings (SSSR count). The van der Waals surface area contributed by atoms with E-state index in [0.717, 1.165) is 49.7 Å². The molecule has 0 heterocycles. The van der Waals surface area contributed by atoms with Gasteiger partial charge in [0.25, 0.3) is 0 Å². The first-order valence-corrected chi connectivity index (χ1v) is 19.3. The van der Waals surface area contributed by atoms with Crippen molar-refractivity contribution in [3.05, 3.63) is 57.6 Å². The van der Waals surface area contributed by atoms with Gasteiger partial charge in [-0.25, -0.2) is 0 Å². The summed E-state index contributed by atoms with van der Waals surface area (Å²) in [5.41, 5.74) is 7.58. The standard InChI is InChI=1S/C43H68O2/c1-7-9-11-13-15-17-19-21-23-25-33-27-35-37(29-39(33)44)43(31-41(35,3)4)32-42(5,6)36-28-34(40(45)30-38(36)43)26-24-22-20-18-16-14-12-10-8-2/h27-30,44-45H,7-26,31-32H2,1-6H3. The van der Waals surface area contributed by atoms with Crippen molar-refractivity contribution in [2.75, 3.05) is 0 Å². The number of fused-ring (bicyclic) bond motifs is 4. The fourth-order valence-corrected chi connectivity index (χ4v) is 9.12. The van der Waals surface area contributed by atoms with E-state index < -0.39 is 0 Å². The lowest BCUT2D eigenvalue weighted by Gasteiger charge is -2.30. The van der Waals surface area contributed by atoms with Crippen molar-refractivity contribution < 1.29 is 10.2 Å². The van der Waals surface area contributed by atoms with Crippen LogP contribution in [0.25, 0.3) is 0 Å². The highest BCUT2D eigenvalue weighted by atomic mass is 16.3. The Morgan fingerprint density at radius 1 is 0.444 bits per heavy atom. The SMILES string of the molecule is CCCCCCCCCCCc1cc2c(cc1O)C1(CC2(C)C)CC(C)(C)c2cc(CCCCCCCCCCC)c(O)cc21. The number of hydrogen-bond acceptors (Lipinski definition) is 2. The highest BCUT2D eigenvalue weighted by Crippen LogP contribution is 2.64. The summed E-state index contributed by atoms with van der Waals surface area (Å²) >= 11 is 0. The molecule has 0 aromatic heterocycles. The molecule has 0 radical (unpaired) electrons. The molecule has 2 aromatic rings. The molecular weight excluding hydrogens is 548 g/mol. The van der Waals surface area contributed by atoms with Gasteiger partial charge in [-0.05, 0) is 94.9 Å². The predicted octanol–water partition coefficient (Wildman–Crippen LogP) is 12.9. The van der Waals surface area contributed by atoms with Gasteiger partial charge in [-0.2, -0.15) is 0 Å². The van der Waals surface area contributed by atoms with Crippen molar-refractivity contribution in [1.29, 1.82) is 0 Å². The lowest BCUT2D eigenvalue weighted by Crippen LogP contribution is -2.26. The maximum absolute atomic E-state index is 11.4. The van der Waals surface area contributed by atoms with Gasteiger partial charge in [-0.15, -0.1) is 0 Å². The number of aromatic hydroxyl groups is 2. The molecule has 0 atom stereocenters. The molecule has 0 saturated carbocycles. The zero-order valence-corrected chi connectivity index (χ0v) is 30.3. The third-order valence-corrected chi connectivity index (χ3v) is 11.5. The molecule has 45 heavy (non-hydrogen) atoms. The van der Waals surface area contributed by atoms with E-state index in [4.69, 9.17) is 0 Å². The van der Waals surface area contributed by atoms with Gasteiger partial charge in [0.15, 0.2) is 0 Å². The molecular formula is C43H68O2. The zero-order chi connectivity index (χ0) is 32.5. The second-order valence-electron chi connectivity index (χ2n) is 16.4. The van der Waals surface area contributed by atoms with Gasteiger partial charge in [-0.1, -0.05) is 156 Å². The van der Waals surface area contributed by atoms with Gasteiger partial charge >= 0.3 is 0 Å². The number of aryl methyl sites for hydroxylation is 2. The van der Waals surface area contributed by atoms with E-state index >= 15 is 0 Å². The summed E-state index contributed by atoms with van der Waals surface area (Å²) in [6, 6.07) is 8.97. The normalized spacial score (nSPS) is 17.2. The molecule has 2 nitrogen and oxygen atoms in total. The quantitative estimate of drug-likeness (QED) is 0.145. The summed E-state index contributed by atoms with van der Waals surface area (Å²) in [7, 11) is 0. The smallest absolute Gasteiger partial charge is 0.119 e. The molecule has 0 saturated heterocycles. The number of phenolic OH excluding ortho intramolecular Hbond substituents is 2. The fraction of sp³-hybridized carbons (Fsp3) is 0.721. The topological polar surface area (TPSA) is 40.5 Å². The zero-order valence-electron chi connectivity index (χ0n) is 30.3. The number of hydrogen-bond donors (Lipinski definition) is 2. The molecule has 0 amide bonds. The lowest BCUT2D eigenvalue weighted by molar-refractivity contribution is 0.348. The third-order valence-electron chi connectivity index (χ3n) is 11.5. The van der Waals surface area contributed by atoms with E-state index in [1.807, 2.05) is 0 Å². The van der Waals surface area contributed by atoms with Crippen LogP contribution in [0.1, 0.15) is 203 Å². The van der Waals surface area contributed by atoms with Crippen LogP contribution >= 0.6 is 0 Å². The van der Waals surface area contributed by atoms with Crippen LogP contribution in [0.4, 0.5) is 0 Å². The fourth-order valence-electron chi connectivity index (χ4n) is 9.12. The van der Waals surface area contributed by atoms with Crippen LogP contribution in [0.5, 0.6) is 11.5 Å². The molecule has 2 aliphatic rings. The second kappa shape index (κ2) is 16.2. The van der Waals surface area contributed by atoms with Crippen molar-refractivity contribution in [3.63, 3.8) is 0 Å². The molecule has 0 bridgehead atoms. The Bertz CT molecular complexity index is 1120. The molecule has 0 aliphatic heterocycles. The number of phenols is 2. The van der Waals surface area contributed by atoms with Gasteiger partial charge in [0, 0.05) is 5.41 Å². The molecule has 0 unspecified atom stereocenters. The molecule has 252 valence electrons. The highest BCUT2D eigenvalue weighted by Gasteiger charge is 2.56. The summed E-state index contributed by atoms with van der Waals surface area (Å²) in [5, 5.41) is 22.7. The van der Waals surface area contributed by atoms with E-state index in [-0.39, 0.29) is 16.2 Å². The summed E-state index contributed by atoms with van der Waals surface area (Å²) in [6.07, 6.45) is 27.8. The van der Waals surface area contributed by atoms with E-state index in [0.29, 0.717) is 11.5 Å². The van der Waals surface area contributed by atoms with Crippen LogP contribution in [0.3, 0.4) is 0 Å². The molecule has 2 N–H and O–H groups in total. The van der Waals surface area contributed by atoms with Gasteiger partial charge < -0.3 is 10.2 Å². The molecule has 1 spiro atoms. The van der Waals surface area contributed by atoms with Crippen molar-refractivity contribution in [2.24, 2.45) is 0 Å². The molecule has 2 aliphatic carbocycles. The summed E-state index contributed by atoms with van der Waals surface area (Å²) < 4.78 is 0. The molecule has 2 aromatic carbocycles. The van der Waals surface area contributed by atoms with Crippen LogP contribution in [-0.4, -0.2) is 10.2 Å². The van der Waals surface area contributed by atoms with E-state index in [1.54, 1.807) is 0 Å². The van der Waals surface area contributed by atoms with Crippen LogP contribution in [-0.2, 0) is 29.1 Å². The Kier molecular flexibility index (Phi) is 12.9. The van der Waals surface area contributed by atoms with Gasteiger partial charge in [0.05, 0.1) is 0 Å². The summed E-state index contributed by atoms with van der Waals surface area (Å²) in [5.74, 6) is 0.950. The minimum Gasteiger partial charge on any atom is -0.508 e. The monoisotopic (exact) mass is 617 g/mol. The van der Waals surface area contributed by atoms with E-state index in [1.165, 1.54) is 125 Å². The Morgan fingerprint density at radius 3 is 1.09 bits per heavy atom. The van der Waals surface area contributed by atoms with Gasteiger partial charge in [-0.3, -0.25) is 0 Å². The third kappa shape index (κ3) is 8.70. The first-order chi connectivity index (χ1) is 21.6. The predicted molar refractivity (Wildman–Crippen MR) is 194 cm³/mol. The average Bonchev–Trinajstić information content (AvgIpc) is 3.33. The lowest BCUT2D eigenvalue weighted by atomic mass is 9.72. The van der Waals surface area contributed by atoms with Crippen molar-refractivity contribution >= 4 is 0 Å². The minimum absolute atomic E-state index is 0.0266.